The zero-order valence-corrected chi connectivity index (χ0v) is 10.1. The Balaban J connectivity index is 2.13. The van der Waals surface area contributed by atoms with E-state index in [2.05, 4.69) is 9.97 Å². The second-order valence-corrected chi connectivity index (χ2v) is 4.63. The second-order valence-electron chi connectivity index (χ2n) is 3.50. The lowest BCUT2D eigenvalue weighted by Crippen LogP contribution is -1.92. The van der Waals surface area contributed by atoms with Gasteiger partial charge in [0.25, 0.3) is 0 Å². The van der Waals surface area contributed by atoms with E-state index in [-0.39, 0.29) is 0 Å². The van der Waals surface area contributed by atoms with Crippen molar-refractivity contribution >= 4 is 34.0 Å². The van der Waals surface area contributed by atoms with Gasteiger partial charge in [-0.25, -0.2) is 9.78 Å². The van der Waals surface area contributed by atoms with Crippen LogP contribution in [0.2, 0.25) is 0 Å². The van der Waals surface area contributed by atoms with Gasteiger partial charge in [0.15, 0.2) is 5.58 Å². The van der Waals surface area contributed by atoms with Crippen molar-refractivity contribution in [2.75, 3.05) is 0 Å². The number of H-pyrrole nitrogens is 1. The summed E-state index contributed by atoms with van der Waals surface area (Å²) >= 11 is 7.22. The summed E-state index contributed by atoms with van der Waals surface area (Å²) in [5.41, 5.74) is 2.99. The molecule has 0 aliphatic carbocycles. The summed E-state index contributed by atoms with van der Waals surface area (Å²) in [4.78, 5) is 18.0. The van der Waals surface area contributed by atoms with Crippen LogP contribution in [0.15, 0.2) is 32.8 Å². The Hall–Kier alpha value is -1.59. The van der Waals surface area contributed by atoms with Gasteiger partial charge in [0.2, 0.25) is 0 Å². The molecule has 2 heterocycles. The SMILES string of the molecule is O=c1[nH]c2ccc(-c3nc(CCl)cs3)cc2o1. The van der Waals surface area contributed by atoms with Gasteiger partial charge in [-0.15, -0.1) is 22.9 Å². The fourth-order valence-electron chi connectivity index (χ4n) is 1.58. The van der Waals surface area contributed by atoms with E-state index in [9.17, 15) is 4.79 Å². The molecule has 17 heavy (non-hydrogen) atoms. The molecule has 3 aromatic rings. The summed E-state index contributed by atoms with van der Waals surface area (Å²) < 4.78 is 5.00. The Bertz CT molecular complexity index is 728. The van der Waals surface area contributed by atoms with E-state index < -0.39 is 5.76 Å². The third kappa shape index (κ3) is 1.87. The number of aromatic amines is 1. The van der Waals surface area contributed by atoms with Crippen molar-refractivity contribution in [3.05, 3.63) is 39.8 Å². The van der Waals surface area contributed by atoms with Crippen LogP contribution in [-0.4, -0.2) is 9.97 Å². The van der Waals surface area contributed by atoms with Gasteiger partial charge < -0.3 is 4.42 Å². The average molecular weight is 267 g/mol. The lowest BCUT2D eigenvalue weighted by molar-refractivity contribution is 0.555. The fraction of sp³-hybridized carbons (Fsp3) is 0.0909. The Labute approximate surface area is 105 Å². The maximum Gasteiger partial charge on any atom is 0.417 e. The van der Waals surface area contributed by atoms with Crippen molar-refractivity contribution in [3.63, 3.8) is 0 Å². The first-order chi connectivity index (χ1) is 8.26. The predicted octanol–water partition coefficient (Wildman–Crippen LogP) is 2.98. The number of hydrogen-bond acceptors (Lipinski definition) is 4. The van der Waals surface area contributed by atoms with E-state index in [1.54, 1.807) is 12.1 Å². The number of benzene rings is 1. The predicted molar refractivity (Wildman–Crippen MR) is 67.5 cm³/mol. The molecule has 0 amide bonds. The number of alkyl halides is 1. The normalized spacial score (nSPS) is 11.1. The van der Waals surface area contributed by atoms with Crippen molar-refractivity contribution < 1.29 is 4.42 Å². The summed E-state index contributed by atoms with van der Waals surface area (Å²) in [6.45, 7) is 0. The summed E-state index contributed by atoms with van der Waals surface area (Å²) in [5, 5.41) is 2.78. The molecular formula is C11H7ClN2O2S. The summed E-state index contributed by atoms with van der Waals surface area (Å²) in [7, 11) is 0. The van der Waals surface area contributed by atoms with Crippen molar-refractivity contribution in [2.45, 2.75) is 5.88 Å². The van der Waals surface area contributed by atoms with Gasteiger partial charge in [-0.05, 0) is 18.2 Å². The third-order valence-electron chi connectivity index (χ3n) is 2.36. The van der Waals surface area contributed by atoms with Crippen LogP contribution in [0.4, 0.5) is 0 Å². The molecule has 0 aliphatic heterocycles. The van der Waals surface area contributed by atoms with Crippen LogP contribution in [0.3, 0.4) is 0 Å². The summed E-state index contributed by atoms with van der Waals surface area (Å²) in [6, 6.07) is 5.49. The Morgan fingerprint density at radius 2 is 2.35 bits per heavy atom. The molecule has 0 saturated carbocycles. The van der Waals surface area contributed by atoms with Crippen molar-refractivity contribution in [3.8, 4) is 10.6 Å². The van der Waals surface area contributed by atoms with Crippen LogP contribution >= 0.6 is 22.9 Å². The number of nitrogens with zero attached hydrogens (tertiary/aromatic N) is 1. The zero-order chi connectivity index (χ0) is 11.8. The first-order valence-corrected chi connectivity index (χ1v) is 6.31. The number of fused-ring (bicyclic) bond motifs is 1. The van der Waals surface area contributed by atoms with Gasteiger partial charge in [-0.1, -0.05) is 0 Å². The first kappa shape index (κ1) is 10.6. The molecule has 1 aromatic carbocycles. The summed E-state index contributed by atoms with van der Waals surface area (Å²) in [6.07, 6.45) is 0. The van der Waals surface area contributed by atoms with E-state index in [4.69, 9.17) is 16.0 Å². The van der Waals surface area contributed by atoms with Crippen LogP contribution in [0.25, 0.3) is 21.7 Å². The highest BCUT2D eigenvalue weighted by atomic mass is 35.5. The molecule has 6 heteroatoms. The van der Waals surface area contributed by atoms with E-state index in [0.29, 0.717) is 17.0 Å². The van der Waals surface area contributed by atoms with Crippen molar-refractivity contribution in [1.29, 1.82) is 0 Å². The standard InChI is InChI=1S/C11H7ClN2O2S/c12-4-7-5-17-10(13-7)6-1-2-8-9(3-6)16-11(15)14-8/h1-3,5H,4H2,(H,14,15). The van der Waals surface area contributed by atoms with Crippen LogP contribution < -0.4 is 5.76 Å². The van der Waals surface area contributed by atoms with Crippen LogP contribution in [-0.2, 0) is 5.88 Å². The number of thiazole rings is 1. The van der Waals surface area contributed by atoms with Gasteiger partial charge >= 0.3 is 5.76 Å². The highest BCUT2D eigenvalue weighted by Gasteiger charge is 2.07. The fourth-order valence-corrected chi connectivity index (χ4v) is 2.62. The highest BCUT2D eigenvalue weighted by molar-refractivity contribution is 7.13. The monoisotopic (exact) mass is 266 g/mol. The first-order valence-electron chi connectivity index (χ1n) is 4.90. The minimum atomic E-state index is -0.447. The van der Waals surface area contributed by atoms with E-state index in [1.807, 2.05) is 11.4 Å². The molecule has 4 nitrogen and oxygen atoms in total. The number of hydrogen-bond donors (Lipinski definition) is 1. The van der Waals surface area contributed by atoms with Crippen molar-refractivity contribution in [2.24, 2.45) is 0 Å². The molecular weight excluding hydrogens is 260 g/mol. The van der Waals surface area contributed by atoms with Gasteiger partial charge in [0.1, 0.15) is 5.01 Å². The Morgan fingerprint density at radius 3 is 3.12 bits per heavy atom. The summed E-state index contributed by atoms with van der Waals surface area (Å²) in [5.74, 6) is -0.0458. The molecule has 0 fully saturated rings. The molecule has 0 atom stereocenters. The molecule has 3 rings (SSSR count). The molecule has 86 valence electrons. The topological polar surface area (TPSA) is 58.9 Å². The largest absolute Gasteiger partial charge is 0.417 e. The Morgan fingerprint density at radius 1 is 1.47 bits per heavy atom. The van der Waals surface area contributed by atoms with E-state index in [1.165, 1.54) is 11.3 Å². The number of nitrogens with one attached hydrogen (secondary N) is 1. The molecule has 0 saturated heterocycles. The zero-order valence-electron chi connectivity index (χ0n) is 8.57. The van der Waals surface area contributed by atoms with E-state index in [0.717, 1.165) is 16.3 Å². The number of aromatic nitrogens is 2. The molecule has 0 unspecified atom stereocenters. The van der Waals surface area contributed by atoms with Gasteiger partial charge in [0, 0.05) is 10.9 Å². The number of rotatable bonds is 2. The molecule has 0 spiro atoms. The Kier molecular flexibility index (Phi) is 2.49. The van der Waals surface area contributed by atoms with Crippen LogP contribution in [0, 0.1) is 0 Å². The molecule has 0 radical (unpaired) electrons. The van der Waals surface area contributed by atoms with Crippen molar-refractivity contribution in [1.82, 2.24) is 9.97 Å². The highest BCUT2D eigenvalue weighted by Crippen LogP contribution is 2.26. The lowest BCUT2D eigenvalue weighted by atomic mass is 10.2. The van der Waals surface area contributed by atoms with Gasteiger partial charge in [-0.2, -0.15) is 0 Å². The smallest absolute Gasteiger partial charge is 0.408 e. The van der Waals surface area contributed by atoms with E-state index >= 15 is 0 Å². The van der Waals surface area contributed by atoms with Gasteiger partial charge in [-0.3, -0.25) is 4.98 Å². The molecule has 0 aliphatic rings. The molecule has 0 bridgehead atoms. The number of halogens is 1. The minimum absolute atomic E-state index is 0.401. The maximum absolute atomic E-state index is 11.0. The van der Waals surface area contributed by atoms with Crippen LogP contribution in [0.5, 0.6) is 0 Å². The average Bonchev–Trinajstić information content (AvgIpc) is 2.92. The molecule has 1 N–H and O–H groups in total. The second kappa shape index (κ2) is 4.01. The molecule has 2 aromatic heterocycles. The number of oxazole rings is 1. The minimum Gasteiger partial charge on any atom is -0.408 e. The van der Waals surface area contributed by atoms with Crippen LogP contribution in [0.1, 0.15) is 5.69 Å². The lowest BCUT2D eigenvalue weighted by Gasteiger charge is -1.94. The quantitative estimate of drug-likeness (QED) is 0.726. The third-order valence-corrected chi connectivity index (χ3v) is 3.57. The maximum atomic E-state index is 11.0. The van der Waals surface area contributed by atoms with Gasteiger partial charge in [0.05, 0.1) is 17.1 Å².